The SMILES string of the molecule is COc1ccc(CNC(=O)c2ccc(CN3CCC(C)CC3)cc2)cc1. The Morgan fingerprint density at radius 1 is 1.04 bits per heavy atom. The lowest BCUT2D eigenvalue weighted by atomic mass is 9.99. The van der Waals surface area contributed by atoms with Crippen molar-refractivity contribution in [1.82, 2.24) is 10.2 Å². The molecule has 26 heavy (non-hydrogen) atoms. The molecule has 0 unspecified atom stereocenters. The smallest absolute Gasteiger partial charge is 0.251 e. The quantitative estimate of drug-likeness (QED) is 0.858. The fourth-order valence-corrected chi connectivity index (χ4v) is 3.27. The molecule has 1 aliphatic rings. The van der Waals surface area contributed by atoms with Crippen LogP contribution in [-0.4, -0.2) is 31.0 Å². The molecule has 1 saturated heterocycles. The second-order valence-electron chi connectivity index (χ2n) is 7.19. The summed E-state index contributed by atoms with van der Waals surface area (Å²) in [5.74, 6) is 1.63. The highest BCUT2D eigenvalue weighted by Crippen LogP contribution is 2.18. The van der Waals surface area contributed by atoms with E-state index in [0.29, 0.717) is 12.1 Å². The highest BCUT2D eigenvalue weighted by Gasteiger charge is 2.15. The summed E-state index contributed by atoms with van der Waals surface area (Å²) in [5, 5.41) is 2.97. The number of nitrogens with zero attached hydrogens (tertiary/aromatic N) is 1. The third-order valence-electron chi connectivity index (χ3n) is 5.11. The summed E-state index contributed by atoms with van der Waals surface area (Å²) in [4.78, 5) is 14.8. The van der Waals surface area contributed by atoms with Gasteiger partial charge in [0, 0.05) is 18.7 Å². The van der Waals surface area contributed by atoms with Crippen molar-refractivity contribution >= 4 is 5.91 Å². The van der Waals surface area contributed by atoms with Crippen LogP contribution in [0.25, 0.3) is 0 Å². The Bertz CT molecular complexity index is 702. The molecule has 0 radical (unpaired) electrons. The van der Waals surface area contributed by atoms with E-state index in [-0.39, 0.29) is 5.91 Å². The van der Waals surface area contributed by atoms with Crippen molar-refractivity contribution in [2.24, 2.45) is 5.92 Å². The van der Waals surface area contributed by atoms with E-state index in [9.17, 15) is 4.79 Å². The molecule has 1 aliphatic heterocycles. The molecule has 1 amide bonds. The van der Waals surface area contributed by atoms with Gasteiger partial charge in [0.1, 0.15) is 5.75 Å². The molecule has 0 saturated carbocycles. The number of rotatable bonds is 6. The number of methoxy groups -OCH3 is 1. The van der Waals surface area contributed by atoms with Crippen LogP contribution in [0.5, 0.6) is 5.75 Å². The molecule has 3 rings (SSSR count). The maximum absolute atomic E-state index is 12.3. The van der Waals surface area contributed by atoms with E-state index < -0.39 is 0 Å². The van der Waals surface area contributed by atoms with E-state index in [1.54, 1.807) is 7.11 Å². The number of carbonyl (C=O) groups excluding carboxylic acids is 1. The fourth-order valence-electron chi connectivity index (χ4n) is 3.27. The largest absolute Gasteiger partial charge is 0.497 e. The predicted octanol–water partition coefficient (Wildman–Crippen LogP) is 3.86. The van der Waals surface area contributed by atoms with Crippen molar-refractivity contribution in [1.29, 1.82) is 0 Å². The van der Waals surface area contributed by atoms with Gasteiger partial charge in [-0.2, -0.15) is 0 Å². The predicted molar refractivity (Wildman–Crippen MR) is 104 cm³/mol. The van der Waals surface area contributed by atoms with Crippen molar-refractivity contribution in [2.45, 2.75) is 32.9 Å². The molecule has 1 fully saturated rings. The fraction of sp³-hybridized carbons (Fsp3) is 0.409. The Hall–Kier alpha value is -2.33. The Balaban J connectivity index is 1.49. The van der Waals surface area contributed by atoms with E-state index >= 15 is 0 Å². The number of ether oxygens (including phenoxy) is 1. The molecule has 0 spiro atoms. The normalized spacial score (nSPS) is 15.6. The lowest BCUT2D eigenvalue weighted by Gasteiger charge is -2.30. The number of likely N-dealkylation sites (tertiary alicyclic amines) is 1. The monoisotopic (exact) mass is 352 g/mol. The molecule has 0 aliphatic carbocycles. The third kappa shape index (κ3) is 5.09. The summed E-state index contributed by atoms with van der Waals surface area (Å²) in [7, 11) is 1.65. The first-order valence-electron chi connectivity index (χ1n) is 9.36. The van der Waals surface area contributed by atoms with Gasteiger partial charge in [-0.1, -0.05) is 31.2 Å². The summed E-state index contributed by atoms with van der Waals surface area (Å²) in [6.45, 7) is 6.16. The minimum atomic E-state index is -0.0424. The zero-order valence-corrected chi connectivity index (χ0v) is 15.7. The summed E-state index contributed by atoms with van der Waals surface area (Å²) in [5.41, 5.74) is 3.02. The van der Waals surface area contributed by atoms with Gasteiger partial charge < -0.3 is 10.1 Å². The van der Waals surface area contributed by atoms with Gasteiger partial charge in [-0.25, -0.2) is 0 Å². The van der Waals surface area contributed by atoms with Crippen LogP contribution in [-0.2, 0) is 13.1 Å². The Morgan fingerprint density at radius 2 is 1.65 bits per heavy atom. The van der Waals surface area contributed by atoms with Crippen LogP contribution in [0.2, 0.25) is 0 Å². The van der Waals surface area contributed by atoms with E-state index in [0.717, 1.165) is 23.8 Å². The van der Waals surface area contributed by atoms with Crippen molar-refractivity contribution in [3.8, 4) is 5.75 Å². The van der Waals surface area contributed by atoms with Crippen molar-refractivity contribution < 1.29 is 9.53 Å². The molecule has 0 atom stereocenters. The average molecular weight is 352 g/mol. The first kappa shape index (κ1) is 18.5. The van der Waals surface area contributed by atoms with Crippen LogP contribution < -0.4 is 10.1 Å². The van der Waals surface area contributed by atoms with Crippen LogP contribution in [0.4, 0.5) is 0 Å². The van der Waals surface area contributed by atoms with Gasteiger partial charge >= 0.3 is 0 Å². The zero-order chi connectivity index (χ0) is 18.4. The van der Waals surface area contributed by atoms with Gasteiger partial charge in [-0.15, -0.1) is 0 Å². The van der Waals surface area contributed by atoms with Crippen LogP contribution in [0.15, 0.2) is 48.5 Å². The molecule has 2 aromatic carbocycles. The first-order valence-corrected chi connectivity index (χ1v) is 9.36. The van der Waals surface area contributed by atoms with Gasteiger partial charge in [0.2, 0.25) is 0 Å². The second-order valence-corrected chi connectivity index (χ2v) is 7.19. The third-order valence-corrected chi connectivity index (χ3v) is 5.11. The minimum absolute atomic E-state index is 0.0424. The average Bonchev–Trinajstić information content (AvgIpc) is 2.69. The second kappa shape index (κ2) is 8.86. The van der Waals surface area contributed by atoms with Crippen LogP contribution >= 0.6 is 0 Å². The van der Waals surface area contributed by atoms with E-state index in [4.69, 9.17) is 4.74 Å². The number of carbonyl (C=O) groups is 1. The Labute approximate surface area is 156 Å². The maximum Gasteiger partial charge on any atom is 0.251 e. The standard InChI is InChI=1S/C22H28N2O2/c1-17-11-13-24(14-12-17)16-19-3-7-20(8-4-19)22(25)23-15-18-5-9-21(26-2)10-6-18/h3-10,17H,11-16H2,1-2H3,(H,23,25). The van der Waals surface area contributed by atoms with E-state index in [1.165, 1.54) is 31.5 Å². The summed E-state index contributed by atoms with van der Waals surface area (Å²) >= 11 is 0. The van der Waals surface area contributed by atoms with Crippen LogP contribution in [0.1, 0.15) is 41.3 Å². The lowest BCUT2D eigenvalue weighted by Crippen LogP contribution is -2.32. The molecule has 1 heterocycles. The first-order chi connectivity index (χ1) is 12.6. The van der Waals surface area contributed by atoms with Gasteiger partial charge in [-0.05, 0) is 67.2 Å². The maximum atomic E-state index is 12.3. The van der Waals surface area contributed by atoms with E-state index in [1.807, 2.05) is 36.4 Å². The molecule has 138 valence electrons. The number of amides is 1. The van der Waals surface area contributed by atoms with E-state index in [2.05, 4.69) is 29.3 Å². The van der Waals surface area contributed by atoms with Crippen LogP contribution in [0, 0.1) is 5.92 Å². The summed E-state index contributed by atoms with van der Waals surface area (Å²) in [6, 6.07) is 15.7. The number of hydrogen-bond donors (Lipinski definition) is 1. The van der Waals surface area contributed by atoms with Crippen molar-refractivity contribution in [3.63, 3.8) is 0 Å². The highest BCUT2D eigenvalue weighted by atomic mass is 16.5. The van der Waals surface area contributed by atoms with Gasteiger partial charge in [-0.3, -0.25) is 9.69 Å². The zero-order valence-electron chi connectivity index (χ0n) is 15.7. The van der Waals surface area contributed by atoms with Gasteiger partial charge in [0.25, 0.3) is 5.91 Å². The molecule has 1 N–H and O–H groups in total. The molecule has 2 aromatic rings. The minimum Gasteiger partial charge on any atom is -0.497 e. The van der Waals surface area contributed by atoms with Crippen LogP contribution in [0.3, 0.4) is 0 Å². The van der Waals surface area contributed by atoms with Gasteiger partial charge in [0.05, 0.1) is 7.11 Å². The topological polar surface area (TPSA) is 41.6 Å². The molecular formula is C22H28N2O2. The molecule has 0 bridgehead atoms. The lowest BCUT2D eigenvalue weighted by molar-refractivity contribution is 0.0951. The Kier molecular flexibility index (Phi) is 6.29. The Morgan fingerprint density at radius 3 is 2.27 bits per heavy atom. The number of piperidine rings is 1. The number of hydrogen-bond acceptors (Lipinski definition) is 3. The van der Waals surface area contributed by atoms with Gasteiger partial charge in [0.15, 0.2) is 0 Å². The molecular weight excluding hydrogens is 324 g/mol. The van der Waals surface area contributed by atoms with Crippen molar-refractivity contribution in [3.05, 3.63) is 65.2 Å². The highest BCUT2D eigenvalue weighted by molar-refractivity contribution is 5.94. The molecule has 0 aromatic heterocycles. The number of nitrogens with one attached hydrogen (secondary N) is 1. The van der Waals surface area contributed by atoms with Crippen molar-refractivity contribution in [2.75, 3.05) is 20.2 Å². The summed E-state index contributed by atoms with van der Waals surface area (Å²) in [6.07, 6.45) is 2.57. The molecule has 4 heteroatoms. The summed E-state index contributed by atoms with van der Waals surface area (Å²) < 4.78 is 5.14. The number of benzene rings is 2. The molecule has 4 nitrogen and oxygen atoms in total.